The molecule has 0 atom stereocenters. The number of hydrogen-bond acceptors (Lipinski definition) is 1. The van der Waals surface area contributed by atoms with Crippen LogP contribution in [0.4, 0.5) is 0 Å². The first-order valence-corrected chi connectivity index (χ1v) is 8.77. The van der Waals surface area contributed by atoms with Crippen molar-refractivity contribution in [2.24, 2.45) is 0 Å². The van der Waals surface area contributed by atoms with Crippen LogP contribution in [0.15, 0.2) is 0 Å². The SMILES string of the molecule is C[C](=O)[Ti]([CH](C)C)([CH](C)C)[CH](C)C. The van der Waals surface area contributed by atoms with Crippen LogP contribution in [-0.4, -0.2) is 4.09 Å². The summed E-state index contributed by atoms with van der Waals surface area (Å²) in [5.74, 6) is 0. The third kappa shape index (κ3) is 2.25. The van der Waals surface area contributed by atoms with Crippen LogP contribution in [0, 0.1) is 0 Å². The molecule has 0 radical (unpaired) electrons. The Morgan fingerprint density at radius 1 is 0.846 bits per heavy atom. The van der Waals surface area contributed by atoms with Crippen LogP contribution < -0.4 is 0 Å². The second kappa shape index (κ2) is 4.75. The Kier molecular flexibility index (Phi) is 4.89. The Morgan fingerprint density at radius 3 is 1.08 bits per heavy atom. The van der Waals surface area contributed by atoms with E-state index in [-0.39, 0.29) is 0 Å². The Bertz CT molecular complexity index is 161. The summed E-state index contributed by atoms with van der Waals surface area (Å²) in [5, 5.41) is 0. The molecule has 0 aliphatic carbocycles. The Balaban J connectivity index is 5.19. The summed E-state index contributed by atoms with van der Waals surface area (Å²) in [6, 6.07) is 0. The molecular weight excluding hydrogens is 196 g/mol. The van der Waals surface area contributed by atoms with Gasteiger partial charge in [0.2, 0.25) is 0 Å². The van der Waals surface area contributed by atoms with E-state index in [9.17, 15) is 4.79 Å². The van der Waals surface area contributed by atoms with Gasteiger partial charge in [0.15, 0.2) is 0 Å². The maximum atomic E-state index is 11.9. The van der Waals surface area contributed by atoms with Crippen LogP contribution in [0.3, 0.4) is 0 Å². The zero-order valence-corrected chi connectivity index (χ0v) is 11.7. The van der Waals surface area contributed by atoms with Crippen molar-refractivity contribution in [2.45, 2.75) is 61.1 Å². The van der Waals surface area contributed by atoms with Gasteiger partial charge in [-0.3, -0.25) is 0 Å². The molecule has 78 valence electrons. The fourth-order valence-electron chi connectivity index (χ4n) is 3.22. The molecule has 0 aromatic heterocycles. The normalized spacial score (nSPS) is 13.1. The van der Waals surface area contributed by atoms with Crippen LogP contribution in [0.2, 0.25) is 12.7 Å². The molecule has 0 unspecified atom stereocenters. The Hall–Kier alpha value is 0.384. The van der Waals surface area contributed by atoms with Crippen LogP contribution in [0.5, 0.6) is 0 Å². The van der Waals surface area contributed by atoms with Crippen molar-refractivity contribution in [3.8, 4) is 0 Å². The molecule has 0 heterocycles. The number of rotatable bonds is 4. The summed E-state index contributed by atoms with van der Waals surface area (Å²) in [7, 11) is 0. The van der Waals surface area contributed by atoms with E-state index in [1.165, 1.54) is 0 Å². The molecule has 2 heteroatoms. The number of hydrogen-bond donors (Lipinski definition) is 0. The molecule has 0 aliphatic heterocycles. The van der Waals surface area contributed by atoms with Crippen molar-refractivity contribution in [3.05, 3.63) is 0 Å². The van der Waals surface area contributed by atoms with Gasteiger partial charge in [0.05, 0.1) is 0 Å². The van der Waals surface area contributed by atoms with Gasteiger partial charge < -0.3 is 0 Å². The average Bonchev–Trinajstić information content (AvgIpc) is 1.82. The van der Waals surface area contributed by atoms with E-state index in [1.807, 2.05) is 6.92 Å². The zero-order valence-electron chi connectivity index (χ0n) is 10.1. The second-order valence-electron chi connectivity index (χ2n) is 4.95. The van der Waals surface area contributed by atoms with E-state index in [0.29, 0.717) is 16.8 Å². The molecule has 1 nitrogen and oxygen atoms in total. The molecule has 0 aromatic carbocycles. The summed E-state index contributed by atoms with van der Waals surface area (Å²) in [4.78, 5) is 11.9. The first-order chi connectivity index (χ1) is 5.77. The van der Waals surface area contributed by atoms with Gasteiger partial charge in [0, 0.05) is 0 Å². The van der Waals surface area contributed by atoms with Crippen molar-refractivity contribution in [1.29, 1.82) is 0 Å². The minimum absolute atomic E-state index is 0.528. The molecular formula is C11H24OTi. The number of carbonyl (C=O) groups is 1. The summed E-state index contributed by atoms with van der Waals surface area (Å²) >= 11 is -2.31. The van der Waals surface area contributed by atoms with E-state index in [0.717, 1.165) is 0 Å². The van der Waals surface area contributed by atoms with Gasteiger partial charge in [0.25, 0.3) is 0 Å². The summed E-state index contributed by atoms with van der Waals surface area (Å²) in [5.41, 5.74) is 0. The standard InChI is InChI=1S/3C3H7.C2H3O.Ti/c3*1-3-2;1-2-3;/h3*3H,1-2H3;1H3;. The third-order valence-electron chi connectivity index (χ3n) is 3.48. The summed E-state index contributed by atoms with van der Waals surface area (Å²) in [6.45, 7) is 15.2. The van der Waals surface area contributed by atoms with E-state index in [1.54, 1.807) is 0 Å². The predicted octanol–water partition coefficient (Wildman–Crippen LogP) is 4.17. The maximum absolute atomic E-state index is 11.9. The fraction of sp³-hybridized carbons (Fsp3) is 0.909. The average molecular weight is 220 g/mol. The predicted molar refractivity (Wildman–Crippen MR) is 56.0 cm³/mol. The molecule has 0 aromatic rings. The van der Waals surface area contributed by atoms with Gasteiger partial charge in [-0.05, 0) is 0 Å². The monoisotopic (exact) mass is 220 g/mol. The topological polar surface area (TPSA) is 17.1 Å². The van der Waals surface area contributed by atoms with E-state index >= 15 is 0 Å². The molecule has 13 heavy (non-hydrogen) atoms. The van der Waals surface area contributed by atoms with Crippen molar-refractivity contribution >= 4 is 4.09 Å². The first-order valence-electron chi connectivity index (χ1n) is 5.28. The molecule has 0 saturated carbocycles. The van der Waals surface area contributed by atoms with Gasteiger partial charge in [-0.25, -0.2) is 0 Å². The molecule has 0 rings (SSSR count). The van der Waals surface area contributed by atoms with Gasteiger partial charge >= 0.3 is 86.6 Å². The van der Waals surface area contributed by atoms with Gasteiger partial charge in [-0.2, -0.15) is 0 Å². The molecule has 0 amide bonds. The Labute approximate surface area is 86.7 Å². The van der Waals surface area contributed by atoms with Gasteiger partial charge in [-0.15, -0.1) is 0 Å². The molecule has 0 aliphatic rings. The van der Waals surface area contributed by atoms with Crippen molar-refractivity contribution in [1.82, 2.24) is 0 Å². The van der Waals surface area contributed by atoms with E-state index in [4.69, 9.17) is 0 Å². The summed E-state index contributed by atoms with van der Waals surface area (Å²) < 4.78 is 2.35. The molecule has 0 saturated heterocycles. The number of carbonyl (C=O) groups excluding carboxylic acids is 1. The van der Waals surface area contributed by atoms with Crippen molar-refractivity contribution in [2.75, 3.05) is 0 Å². The molecule has 0 N–H and O–H groups in total. The van der Waals surface area contributed by atoms with Crippen molar-refractivity contribution in [3.63, 3.8) is 0 Å². The van der Waals surface area contributed by atoms with Gasteiger partial charge in [0.1, 0.15) is 0 Å². The minimum atomic E-state index is -2.31. The van der Waals surface area contributed by atoms with Crippen molar-refractivity contribution < 1.29 is 21.4 Å². The quantitative estimate of drug-likeness (QED) is 0.650. The van der Waals surface area contributed by atoms with E-state index in [2.05, 4.69) is 41.5 Å². The van der Waals surface area contributed by atoms with Crippen LogP contribution in [0.25, 0.3) is 0 Å². The third-order valence-corrected chi connectivity index (χ3v) is 14.3. The first kappa shape index (κ1) is 13.4. The fourth-order valence-corrected chi connectivity index (χ4v) is 13.3. The van der Waals surface area contributed by atoms with Crippen LogP contribution in [0.1, 0.15) is 48.5 Å². The van der Waals surface area contributed by atoms with E-state index < -0.39 is 16.6 Å². The van der Waals surface area contributed by atoms with Gasteiger partial charge in [-0.1, -0.05) is 0 Å². The molecule has 0 fully saturated rings. The second-order valence-corrected chi connectivity index (χ2v) is 14.4. The van der Waals surface area contributed by atoms with Crippen LogP contribution >= 0.6 is 0 Å². The molecule has 0 spiro atoms. The summed E-state index contributed by atoms with van der Waals surface area (Å²) in [6.07, 6.45) is 0. The molecule has 0 bridgehead atoms. The zero-order chi connectivity index (χ0) is 10.8. The van der Waals surface area contributed by atoms with Crippen LogP contribution in [-0.2, 0) is 21.4 Å². The Morgan fingerprint density at radius 2 is 1.08 bits per heavy atom.